The van der Waals surface area contributed by atoms with Crippen LogP contribution in [0.1, 0.15) is 50.2 Å². The molecular formula is C25H32Si. The van der Waals surface area contributed by atoms with E-state index in [1.807, 2.05) is 0 Å². The standard InChI is InChI=1S/C25H32Si/c1-5-25(14-7-15-25)18-19-16-21-8-6-9-23(24(21)17-19)20-10-12-22(13-11-20)26(2,3)4/h6,8-13,17H,5,7,14-16,18H2,1-4H3. The number of hydrogen-bond acceptors (Lipinski definition) is 0. The second-order valence-corrected chi connectivity index (χ2v) is 14.6. The third kappa shape index (κ3) is 3.22. The predicted molar refractivity (Wildman–Crippen MR) is 118 cm³/mol. The van der Waals surface area contributed by atoms with E-state index in [1.165, 1.54) is 54.4 Å². The Morgan fingerprint density at radius 3 is 2.27 bits per heavy atom. The van der Waals surface area contributed by atoms with E-state index < -0.39 is 8.07 Å². The van der Waals surface area contributed by atoms with Gasteiger partial charge in [0.05, 0.1) is 8.07 Å². The molecule has 2 aromatic carbocycles. The minimum atomic E-state index is -1.23. The molecule has 0 aliphatic heterocycles. The molecule has 1 fully saturated rings. The smallest absolute Gasteiger partial charge is 0.0656 e. The van der Waals surface area contributed by atoms with E-state index in [4.69, 9.17) is 0 Å². The third-order valence-corrected chi connectivity index (χ3v) is 8.86. The van der Waals surface area contributed by atoms with Gasteiger partial charge in [-0.05, 0) is 53.4 Å². The summed E-state index contributed by atoms with van der Waals surface area (Å²) < 4.78 is 0. The Hall–Kier alpha value is -1.60. The number of hydrogen-bond donors (Lipinski definition) is 0. The van der Waals surface area contributed by atoms with Crippen LogP contribution in [0.3, 0.4) is 0 Å². The number of allylic oxidation sites excluding steroid dienone is 1. The van der Waals surface area contributed by atoms with E-state index in [1.54, 1.807) is 10.8 Å². The van der Waals surface area contributed by atoms with Crippen molar-refractivity contribution in [1.82, 2.24) is 0 Å². The molecule has 0 atom stereocenters. The SMILES string of the molecule is CCC1(CC2=Cc3c(cccc3-c3ccc([Si](C)(C)C)cc3)C2)CCC1. The van der Waals surface area contributed by atoms with Crippen molar-refractivity contribution in [3.8, 4) is 11.1 Å². The Labute approximate surface area is 160 Å². The van der Waals surface area contributed by atoms with Crippen molar-refractivity contribution in [2.45, 2.75) is 65.1 Å². The van der Waals surface area contributed by atoms with E-state index in [9.17, 15) is 0 Å². The van der Waals surface area contributed by atoms with Crippen LogP contribution in [-0.4, -0.2) is 8.07 Å². The van der Waals surface area contributed by atoms with Gasteiger partial charge in [0, 0.05) is 0 Å². The molecule has 0 radical (unpaired) electrons. The molecule has 0 spiro atoms. The lowest BCUT2D eigenvalue weighted by atomic mass is 9.63. The van der Waals surface area contributed by atoms with E-state index in [0.29, 0.717) is 5.41 Å². The second kappa shape index (κ2) is 6.53. The average Bonchev–Trinajstić information content (AvgIpc) is 3.00. The monoisotopic (exact) mass is 360 g/mol. The van der Waals surface area contributed by atoms with Gasteiger partial charge in [0.1, 0.15) is 0 Å². The first-order chi connectivity index (χ1) is 12.4. The average molecular weight is 361 g/mol. The molecule has 0 N–H and O–H groups in total. The summed E-state index contributed by atoms with van der Waals surface area (Å²) in [5.41, 5.74) is 8.07. The van der Waals surface area contributed by atoms with E-state index in [0.717, 1.165) is 6.42 Å². The Balaban J connectivity index is 1.64. The maximum absolute atomic E-state index is 2.52. The zero-order valence-electron chi connectivity index (χ0n) is 16.9. The highest BCUT2D eigenvalue weighted by Gasteiger charge is 2.36. The fourth-order valence-electron chi connectivity index (χ4n) is 4.77. The molecule has 0 heterocycles. The van der Waals surface area contributed by atoms with Crippen LogP contribution in [0, 0.1) is 5.41 Å². The first-order valence-electron chi connectivity index (χ1n) is 10.3. The predicted octanol–water partition coefficient (Wildman–Crippen LogP) is 6.81. The lowest BCUT2D eigenvalue weighted by Gasteiger charge is -2.42. The van der Waals surface area contributed by atoms with Crippen molar-refractivity contribution in [3.05, 3.63) is 59.2 Å². The zero-order valence-corrected chi connectivity index (χ0v) is 17.9. The highest BCUT2D eigenvalue weighted by molar-refractivity contribution is 6.88. The van der Waals surface area contributed by atoms with E-state index in [2.05, 4.69) is 75.1 Å². The highest BCUT2D eigenvalue weighted by atomic mass is 28.3. The quantitative estimate of drug-likeness (QED) is 0.514. The van der Waals surface area contributed by atoms with Gasteiger partial charge in [0.15, 0.2) is 0 Å². The normalized spacial score (nSPS) is 18.2. The van der Waals surface area contributed by atoms with Gasteiger partial charge in [-0.1, -0.05) is 98.7 Å². The van der Waals surface area contributed by atoms with E-state index in [-0.39, 0.29) is 0 Å². The van der Waals surface area contributed by atoms with Gasteiger partial charge < -0.3 is 0 Å². The van der Waals surface area contributed by atoms with Gasteiger partial charge in [-0.3, -0.25) is 0 Å². The van der Waals surface area contributed by atoms with Gasteiger partial charge >= 0.3 is 0 Å². The van der Waals surface area contributed by atoms with Gasteiger partial charge in [0.25, 0.3) is 0 Å². The fourth-order valence-corrected chi connectivity index (χ4v) is 5.93. The molecule has 1 saturated carbocycles. The summed E-state index contributed by atoms with van der Waals surface area (Å²) in [4.78, 5) is 0. The number of rotatable bonds is 5. The summed E-state index contributed by atoms with van der Waals surface area (Å²) >= 11 is 0. The van der Waals surface area contributed by atoms with Crippen molar-refractivity contribution in [2.75, 3.05) is 0 Å². The summed E-state index contributed by atoms with van der Waals surface area (Å²) in [7, 11) is -1.23. The third-order valence-electron chi connectivity index (χ3n) is 6.79. The minimum absolute atomic E-state index is 0.618. The van der Waals surface area contributed by atoms with Crippen LogP contribution in [0.2, 0.25) is 19.6 Å². The minimum Gasteiger partial charge on any atom is -0.0656 e. The fraction of sp³-hybridized carbons (Fsp3) is 0.440. The van der Waals surface area contributed by atoms with E-state index >= 15 is 0 Å². The van der Waals surface area contributed by atoms with Crippen molar-refractivity contribution in [1.29, 1.82) is 0 Å². The second-order valence-electron chi connectivity index (χ2n) is 9.57. The van der Waals surface area contributed by atoms with Gasteiger partial charge in [0.2, 0.25) is 0 Å². The molecule has 1 heteroatoms. The topological polar surface area (TPSA) is 0 Å². The molecule has 2 aromatic rings. The Morgan fingerprint density at radius 1 is 0.962 bits per heavy atom. The Bertz CT molecular complexity index is 824. The van der Waals surface area contributed by atoms with Crippen LogP contribution >= 0.6 is 0 Å². The molecule has 4 rings (SSSR count). The summed E-state index contributed by atoms with van der Waals surface area (Å²) in [5.74, 6) is 0. The highest BCUT2D eigenvalue weighted by Crippen LogP contribution is 2.50. The summed E-state index contributed by atoms with van der Waals surface area (Å²) in [6.45, 7) is 9.64. The van der Waals surface area contributed by atoms with Crippen LogP contribution in [-0.2, 0) is 6.42 Å². The van der Waals surface area contributed by atoms with Crippen molar-refractivity contribution in [2.24, 2.45) is 5.41 Å². The molecule has 0 unspecified atom stereocenters. The van der Waals surface area contributed by atoms with Crippen LogP contribution < -0.4 is 5.19 Å². The summed E-state index contributed by atoms with van der Waals surface area (Å²) in [5, 5.41) is 1.54. The molecule has 0 saturated heterocycles. The molecule has 0 amide bonds. The summed E-state index contributed by atoms with van der Waals surface area (Å²) in [6, 6.07) is 16.3. The molecule has 2 aliphatic rings. The van der Waals surface area contributed by atoms with Crippen molar-refractivity contribution < 1.29 is 0 Å². The molecule has 0 bridgehead atoms. The number of benzene rings is 2. The maximum Gasteiger partial charge on any atom is 0.0775 e. The molecule has 2 aliphatic carbocycles. The first kappa shape index (κ1) is 17.8. The molecule has 0 nitrogen and oxygen atoms in total. The summed E-state index contributed by atoms with van der Waals surface area (Å²) in [6.07, 6.45) is 10.6. The number of fused-ring (bicyclic) bond motifs is 1. The zero-order chi connectivity index (χ0) is 18.4. The Kier molecular flexibility index (Phi) is 4.47. The first-order valence-corrected chi connectivity index (χ1v) is 13.8. The van der Waals surface area contributed by atoms with Gasteiger partial charge in [-0.2, -0.15) is 0 Å². The largest absolute Gasteiger partial charge is 0.0775 e. The van der Waals surface area contributed by atoms with Gasteiger partial charge in [-0.25, -0.2) is 0 Å². The Morgan fingerprint density at radius 2 is 1.69 bits per heavy atom. The lowest BCUT2D eigenvalue weighted by molar-refractivity contribution is 0.127. The molecule has 26 heavy (non-hydrogen) atoms. The molecule has 0 aromatic heterocycles. The molecule has 136 valence electrons. The van der Waals surface area contributed by atoms with Crippen molar-refractivity contribution >= 4 is 19.3 Å². The lowest BCUT2D eigenvalue weighted by Crippen LogP contribution is -2.37. The van der Waals surface area contributed by atoms with Crippen LogP contribution in [0.4, 0.5) is 0 Å². The van der Waals surface area contributed by atoms with Crippen LogP contribution in [0.15, 0.2) is 48.0 Å². The molecular weight excluding hydrogens is 328 g/mol. The van der Waals surface area contributed by atoms with Crippen LogP contribution in [0.25, 0.3) is 17.2 Å². The maximum atomic E-state index is 2.52. The van der Waals surface area contributed by atoms with Crippen LogP contribution in [0.5, 0.6) is 0 Å². The van der Waals surface area contributed by atoms with Crippen molar-refractivity contribution in [3.63, 3.8) is 0 Å². The van der Waals surface area contributed by atoms with Gasteiger partial charge in [-0.15, -0.1) is 0 Å².